The molecule has 0 radical (unpaired) electrons. The fourth-order valence-corrected chi connectivity index (χ4v) is 2.59. The molecule has 0 saturated heterocycles. The van der Waals surface area contributed by atoms with E-state index in [-0.39, 0.29) is 11.5 Å². The number of benzene rings is 1. The summed E-state index contributed by atoms with van der Waals surface area (Å²) in [5.41, 5.74) is 3.20. The molecule has 0 amide bonds. The van der Waals surface area contributed by atoms with Gasteiger partial charge in [0.1, 0.15) is 0 Å². The number of ketones is 1. The molecular weight excluding hydrogens is 412 g/mol. The zero-order valence-corrected chi connectivity index (χ0v) is 19.2. The number of halogens is 1. The molecule has 28 heavy (non-hydrogen) atoms. The summed E-state index contributed by atoms with van der Waals surface area (Å²) in [6, 6.07) is 17.9. The molecule has 0 fully saturated rings. The Morgan fingerprint density at radius 3 is 2.36 bits per heavy atom. The third-order valence-electron chi connectivity index (χ3n) is 3.70. The van der Waals surface area contributed by atoms with Crippen LogP contribution in [0.4, 0.5) is 0 Å². The summed E-state index contributed by atoms with van der Waals surface area (Å²) in [6.07, 6.45) is 3.56. The molecular formula is C22H30ClCrN2O2+2. The number of rotatable bonds is 6. The van der Waals surface area contributed by atoms with Crippen LogP contribution in [0.1, 0.15) is 45.3 Å². The van der Waals surface area contributed by atoms with Gasteiger partial charge in [0.25, 0.3) is 0 Å². The van der Waals surface area contributed by atoms with Crippen LogP contribution in [0.25, 0.3) is 11.3 Å². The number of nitrogens with zero attached hydrogens (tertiary/aromatic N) is 2. The van der Waals surface area contributed by atoms with Gasteiger partial charge < -0.3 is 10.0 Å². The number of aliphatic hydroxyl groups is 1. The van der Waals surface area contributed by atoms with Crippen molar-refractivity contribution < 1.29 is 25.3 Å². The maximum atomic E-state index is 8.40. The van der Waals surface area contributed by atoms with Crippen LogP contribution < -0.4 is 0 Å². The molecule has 2 rings (SSSR count). The van der Waals surface area contributed by atoms with Gasteiger partial charge in [-0.15, -0.1) is 35.9 Å². The predicted octanol–water partition coefficient (Wildman–Crippen LogP) is 5.65. The van der Waals surface area contributed by atoms with Gasteiger partial charge in [-0.05, 0) is 39.2 Å². The van der Waals surface area contributed by atoms with Crippen LogP contribution in [0.3, 0.4) is 0 Å². The van der Waals surface area contributed by atoms with Crippen molar-refractivity contribution in [1.29, 1.82) is 0 Å². The Bertz CT molecular complexity index is 717. The predicted molar refractivity (Wildman–Crippen MR) is 115 cm³/mol. The summed E-state index contributed by atoms with van der Waals surface area (Å²) >= 11 is 2.10. The Labute approximate surface area is 181 Å². The molecule has 2 N–H and O–H groups in total. The molecule has 0 spiro atoms. The van der Waals surface area contributed by atoms with Gasteiger partial charge in [0.05, 0.1) is 24.8 Å². The number of aromatic nitrogens is 1. The molecule has 1 aromatic heterocycles. The molecule has 6 heteroatoms. The van der Waals surface area contributed by atoms with Crippen molar-refractivity contribution in [3.05, 3.63) is 66.1 Å². The zero-order valence-electron chi connectivity index (χ0n) is 17.2. The minimum atomic E-state index is 0.125. The Morgan fingerprint density at radius 2 is 1.93 bits per heavy atom. The Morgan fingerprint density at radius 1 is 1.25 bits per heavy atom. The molecule has 1 aromatic carbocycles. The summed E-state index contributed by atoms with van der Waals surface area (Å²) in [4.78, 5) is 15.5. The van der Waals surface area contributed by atoms with Crippen molar-refractivity contribution in [3.63, 3.8) is 0 Å². The summed E-state index contributed by atoms with van der Waals surface area (Å²) in [5, 5.41) is 8.40. The Hall–Kier alpha value is -1.64. The molecule has 4 nitrogen and oxygen atoms in total. The minimum absolute atomic E-state index is 0.125. The summed E-state index contributed by atoms with van der Waals surface area (Å²) in [5.74, 6) is 0.250. The number of allylic oxidation sites excluding steroid dienone is 2. The average Bonchev–Trinajstić information content (AvgIpc) is 2.67. The first-order valence-corrected chi connectivity index (χ1v) is 10.8. The second-order valence-corrected chi connectivity index (χ2v) is 6.42. The Balaban J connectivity index is 0.000000688. The third kappa shape index (κ3) is 10.6. The second kappa shape index (κ2) is 15.3. The van der Waals surface area contributed by atoms with Crippen LogP contribution in [-0.2, 0) is 15.4 Å². The van der Waals surface area contributed by atoms with E-state index in [1.165, 1.54) is 19.9 Å². The van der Waals surface area contributed by atoms with E-state index in [1.54, 1.807) is 0 Å². The zero-order chi connectivity index (χ0) is 21.5. The Kier molecular flexibility index (Phi) is 14.4. The van der Waals surface area contributed by atoms with Crippen molar-refractivity contribution in [2.24, 2.45) is 0 Å². The van der Waals surface area contributed by atoms with Crippen LogP contribution in [0.2, 0.25) is 0 Å². The van der Waals surface area contributed by atoms with E-state index in [9.17, 15) is 0 Å². The molecule has 0 aliphatic rings. The van der Waals surface area contributed by atoms with Crippen LogP contribution in [-0.4, -0.2) is 39.7 Å². The fourth-order valence-electron chi connectivity index (χ4n) is 2.59. The van der Waals surface area contributed by atoms with Crippen molar-refractivity contribution in [2.75, 3.05) is 14.1 Å². The molecule has 1 heterocycles. The van der Waals surface area contributed by atoms with Crippen molar-refractivity contribution >= 4 is 15.8 Å². The van der Waals surface area contributed by atoms with Crippen LogP contribution in [0.5, 0.6) is 0 Å². The molecule has 0 bridgehead atoms. The van der Waals surface area contributed by atoms with E-state index < -0.39 is 0 Å². The van der Waals surface area contributed by atoms with Gasteiger partial charge in [-0.3, -0.25) is 9.78 Å². The summed E-state index contributed by atoms with van der Waals surface area (Å²) in [7, 11) is 8.74. The number of hydrogen-bond acceptors (Lipinski definition) is 3. The first-order chi connectivity index (χ1) is 13.3. The quantitative estimate of drug-likeness (QED) is 0.272. The fraction of sp³-hybridized carbons (Fsp3) is 0.364. The standard InChI is InChI=1S/C17H21N2.C5H8O2.ClH.Cr/c1-4-9-17(19(2)3)16-13-8-12-15(18-16)14-10-6-5-7-11-14;1-4(6)3-5(2)7;;/h5-8,10,12-13,17H,4,9H2,1-3H3;3,6H,1-2H3;1H;/q-1;;;+3/b;4-3-;;. The van der Waals surface area contributed by atoms with Gasteiger partial charge in [-0.2, -0.15) is 0 Å². The third-order valence-corrected chi connectivity index (χ3v) is 3.70. The van der Waals surface area contributed by atoms with Crippen LogP contribution in [0, 0.1) is 6.07 Å². The molecule has 0 aliphatic heterocycles. The van der Waals surface area contributed by atoms with Gasteiger partial charge >= 0.3 is 31.2 Å². The van der Waals surface area contributed by atoms with Crippen LogP contribution in [0.15, 0.2) is 54.3 Å². The second-order valence-electron chi connectivity index (χ2n) is 6.42. The monoisotopic (exact) mass is 441 g/mol. The number of hydrogen-bond donors (Lipinski definition) is 1. The molecule has 1 atom stereocenters. The molecule has 0 saturated carbocycles. The van der Waals surface area contributed by atoms with Gasteiger partial charge in [-0.25, -0.2) is 0 Å². The number of carbonyl (C=O) groups excluding carboxylic acids is 1. The van der Waals surface area contributed by atoms with E-state index in [1.807, 2.05) is 24.3 Å². The van der Waals surface area contributed by atoms with Gasteiger partial charge in [0.15, 0.2) is 0 Å². The summed E-state index contributed by atoms with van der Waals surface area (Å²) in [6.45, 7) is 5.21. The van der Waals surface area contributed by atoms with E-state index in [2.05, 4.69) is 75.6 Å². The molecule has 151 valence electrons. The van der Waals surface area contributed by atoms with E-state index in [0.29, 0.717) is 6.04 Å². The average molecular weight is 442 g/mol. The normalized spacial score (nSPS) is 11.6. The van der Waals surface area contributed by atoms with Crippen molar-refractivity contribution in [2.45, 2.75) is 39.7 Å². The summed E-state index contributed by atoms with van der Waals surface area (Å²) < 4.78 is 0. The molecule has 2 aromatic rings. The van der Waals surface area contributed by atoms with Gasteiger partial charge in [-0.1, -0.05) is 25.5 Å². The van der Waals surface area contributed by atoms with E-state index >= 15 is 0 Å². The van der Waals surface area contributed by atoms with E-state index in [0.717, 1.165) is 29.8 Å². The number of pyridine rings is 1. The first kappa shape index (κ1) is 26.4. The topological polar surface area (TPSA) is 57.8 Å². The van der Waals surface area contributed by atoms with E-state index in [4.69, 9.17) is 14.9 Å². The van der Waals surface area contributed by atoms with Crippen molar-refractivity contribution in [1.82, 2.24) is 9.88 Å². The SMILES string of the molecule is CC(=[OH+])/C=C(/C)O.CCCC(c1cccc(-c2[c-]cccc2)n1)N(C)C.[Cl][Cr+2]. The molecule has 0 aliphatic carbocycles. The number of aliphatic hydroxyl groups excluding tert-OH is 1. The van der Waals surface area contributed by atoms with Gasteiger partial charge in [0, 0.05) is 5.69 Å². The maximum absolute atomic E-state index is 8.40. The first-order valence-electron chi connectivity index (χ1n) is 9.00. The molecule has 1 unspecified atom stereocenters. The van der Waals surface area contributed by atoms with Gasteiger partial charge in [0.2, 0.25) is 0 Å². The van der Waals surface area contributed by atoms with Crippen LogP contribution >= 0.6 is 10.0 Å². The van der Waals surface area contributed by atoms with Crippen molar-refractivity contribution in [3.8, 4) is 11.3 Å².